The molecule has 0 bridgehead atoms. The zero-order valence-corrected chi connectivity index (χ0v) is 59.4. The van der Waals surface area contributed by atoms with Crippen LogP contribution < -0.4 is 0 Å². The van der Waals surface area contributed by atoms with Gasteiger partial charge in [-0.1, -0.05) is 311 Å². The molecule has 3 unspecified atom stereocenters. The molecule has 0 aliphatic carbocycles. The third-order valence-electron chi connectivity index (χ3n) is 16.6. The van der Waals surface area contributed by atoms with E-state index in [2.05, 4.69) is 34.6 Å². The predicted octanol–water partition coefficient (Wildman–Crippen LogP) is 20.1. The van der Waals surface area contributed by atoms with E-state index in [0.29, 0.717) is 25.7 Å². The number of carbonyl (C=O) groups excluding carboxylic acids is 4. The van der Waals surface area contributed by atoms with Crippen LogP contribution in [0.2, 0.25) is 0 Å². The molecule has 6 atom stereocenters. The third-order valence-corrected chi connectivity index (χ3v) is 18.5. The van der Waals surface area contributed by atoms with Gasteiger partial charge in [-0.05, 0) is 31.6 Å². The van der Waals surface area contributed by atoms with E-state index >= 15 is 0 Å². The van der Waals surface area contributed by atoms with Gasteiger partial charge in [-0.2, -0.15) is 0 Å². The highest BCUT2D eigenvalue weighted by Gasteiger charge is 2.30. The van der Waals surface area contributed by atoms with Crippen LogP contribution in [-0.2, 0) is 65.4 Å². The monoisotopic (exact) mass is 1310 g/mol. The topological polar surface area (TPSA) is 237 Å². The second-order valence-electron chi connectivity index (χ2n) is 25.5. The van der Waals surface area contributed by atoms with Gasteiger partial charge in [0.15, 0.2) is 12.2 Å². The number of phosphoric ester groups is 2. The summed E-state index contributed by atoms with van der Waals surface area (Å²) in [6.07, 6.45) is 50.0. The number of hydrogen-bond donors (Lipinski definition) is 3. The molecule has 3 N–H and O–H groups in total. The van der Waals surface area contributed by atoms with Crippen molar-refractivity contribution < 1.29 is 80.2 Å². The van der Waals surface area contributed by atoms with Gasteiger partial charge < -0.3 is 33.8 Å². The number of hydrogen-bond acceptors (Lipinski definition) is 15. The van der Waals surface area contributed by atoms with E-state index in [9.17, 15) is 43.2 Å². The molecule has 0 aromatic rings. The second-order valence-corrected chi connectivity index (χ2v) is 28.4. The summed E-state index contributed by atoms with van der Waals surface area (Å²) in [6.45, 7) is 7.19. The molecule has 0 aromatic carbocycles. The fraction of sp³-hybridized carbons (Fsp3) is 0.943. The average Bonchev–Trinajstić information content (AvgIpc) is 3.67. The molecule has 17 nitrogen and oxygen atoms in total. The molecule has 0 aromatic heterocycles. The highest BCUT2D eigenvalue weighted by Crippen LogP contribution is 2.45. The van der Waals surface area contributed by atoms with Crippen LogP contribution in [-0.4, -0.2) is 96.7 Å². The molecule has 0 rings (SSSR count). The lowest BCUT2D eigenvalue weighted by atomic mass is 10.00. The maximum absolute atomic E-state index is 13.0. The van der Waals surface area contributed by atoms with Crippen LogP contribution in [0.25, 0.3) is 0 Å². The van der Waals surface area contributed by atoms with Crippen molar-refractivity contribution in [1.82, 2.24) is 0 Å². The van der Waals surface area contributed by atoms with E-state index in [1.54, 1.807) is 0 Å². The van der Waals surface area contributed by atoms with Gasteiger partial charge in [0.1, 0.15) is 19.3 Å². The van der Waals surface area contributed by atoms with Crippen molar-refractivity contribution >= 4 is 39.5 Å². The minimum atomic E-state index is -4.95. The number of ether oxygens (including phenoxy) is 4. The minimum absolute atomic E-state index is 0.107. The van der Waals surface area contributed by atoms with Gasteiger partial charge in [-0.3, -0.25) is 37.3 Å². The molecular weight excluding hydrogens is 1170 g/mol. The molecular formula is C70H136O17P2. The van der Waals surface area contributed by atoms with Gasteiger partial charge >= 0.3 is 39.5 Å². The molecule has 19 heteroatoms. The number of rotatable bonds is 70. The van der Waals surface area contributed by atoms with E-state index in [1.165, 1.54) is 180 Å². The lowest BCUT2D eigenvalue weighted by molar-refractivity contribution is -0.161. The van der Waals surface area contributed by atoms with Crippen LogP contribution in [0, 0.1) is 5.92 Å². The molecule has 0 radical (unpaired) electrons. The van der Waals surface area contributed by atoms with E-state index < -0.39 is 97.5 Å². The smallest absolute Gasteiger partial charge is 0.462 e. The maximum atomic E-state index is 13.0. The predicted molar refractivity (Wildman–Crippen MR) is 358 cm³/mol. The van der Waals surface area contributed by atoms with Gasteiger partial charge in [-0.15, -0.1) is 0 Å². The van der Waals surface area contributed by atoms with Crippen molar-refractivity contribution in [3.63, 3.8) is 0 Å². The molecule has 0 saturated heterocycles. The quantitative estimate of drug-likeness (QED) is 0.0222. The SMILES string of the molecule is CCCCCCCCCCCCCCCCCCCCCC(=O)O[C@H](COC(=O)CCCCCCCCC(C)CC)COP(=O)(O)OC[C@@H](O)COP(=O)(O)OC[C@@H](COC(=O)CCCCCCCCCCCC)OC(=O)CCCCCCCCCCCC. The highest BCUT2D eigenvalue weighted by molar-refractivity contribution is 7.47. The Morgan fingerprint density at radius 3 is 0.798 bits per heavy atom. The Bertz CT molecular complexity index is 1720. The first-order chi connectivity index (χ1) is 43.1. The van der Waals surface area contributed by atoms with Crippen LogP contribution in [0.3, 0.4) is 0 Å². The zero-order valence-electron chi connectivity index (χ0n) is 57.6. The first-order valence-electron chi connectivity index (χ1n) is 36.7. The first kappa shape index (κ1) is 87.1. The van der Waals surface area contributed by atoms with Crippen LogP contribution in [0.15, 0.2) is 0 Å². The van der Waals surface area contributed by atoms with Crippen molar-refractivity contribution in [2.24, 2.45) is 5.92 Å². The Labute approximate surface area is 543 Å². The Hall–Kier alpha value is -1.94. The van der Waals surface area contributed by atoms with Crippen LogP contribution >= 0.6 is 15.6 Å². The third kappa shape index (κ3) is 63.2. The standard InChI is InChI=1S/C70H136O17P2/c1-6-10-13-16-19-22-25-26-27-28-29-30-31-32-33-36-39-46-51-56-70(75)87-66(60-81-68(73)54-49-44-41-40-42-47-52-63(5)9-4)62-85-89(78,79)83-58-64(71)57-82-88(76,77)84-61-65(86-69(74)55-50-45-38-35-24-21-18-15-12-8-3)59-80-67(72)53-48-43-37-34-23-20-17-14-11-7-2/h63-66,71H,6-62H2,1-5H3,(H,76,77)(H,78,79)/t63?,64-,65+,66+/m0/s1. The normalized spacial score (nSPS) is 14.4. The van der Waals surface area contributed by atoms with Crippen molar-refractivity contribution in [2.75, 3.05) is 39.6 Å². The molecule has 0 amide bonds. The highest BCUT2D eigenvalue weighted by atomic mass is 31.2. The van der Waals surface area contributed by atoms with Crippen LogP contribution in [0.5, 0.6) is 0 Å². The van der Waals surface area contributed by atoms with E-state index in [1.807, 2.05) is 0 Å². The number of aliphatic hydroxyl groups excluding tert-OH is 1. The number of carbonyl (C=O) groups is 4. The summed E-state index contributed by atoms with van der Waals surface area (Å²) in [6, 6.07) is 0. The lowest BCUT2D eigenvalue weighted by Gasteiger charge is -2.21. The summed E-state index contributed by atoms with van der Waals surface area (Å²) in [5.41, 5.74) is 0. The van der Waals surface area contributed by atoms with Crippen molar-refractivity contribution in [3.05, 3.63) is 0 Å². The number of unbranched alkanes of at least 4 members (excludes halogenated alkanes) is 41. The summed E-state index contributed by atoms with van der Waals surface area (Å²) in [4.78, 5) is 72.4. The summed E-state index contributed by atoms with van der Waals surface area (Å²) in [5.74, 6) is -1.39. The molecule has 89 heavy (non-hydrogen) atoms. The zero-order chi connectivity index (χ0) is 65.6. The summed E-state index contributed by atoms with van der Waals surface area (Å²) in [5, 5.41) is 10.6. The molecule has 0 saturated carbocycles. The Balaban J connectivity index is 5.18. The fourth-order valence-electron chi connectivity index (χ4n) is 10.6. The summed E-state index contributed by atoms with van der Waals surface area (Å²) in [7, 11) is -9.89. The molecule has 528 valence electrons. The van der Waals surface area contributed by atoms with E-state index in [0.717, 1.165) is 102 Å². The average molecular weight is 1310 g/mol. The minimum Gasteiger partial charge on any atom is -0.462 e. The largest absolute Gasteiger partial charge is 0.472 e. The summed E-state index contributed by atoms with van der Waals surface area (Å²) < 4.78 is 68.2. The van der Waals surface area contributed by atoms with Crippen molar-refractivity contribution in [2.45, 2.75) is 380 Å². The van der Waals surface area contributed by atoms with Crippen molar-refractivity contribution in [1.29, 1.82) is 0 Å². The van der Waals surface area contributed by atoms with Gasteiger partial charge in [0, 0.05) is 25.7 Å². The summed E-state index contributed by atoms with van der Waals surface area (Å²) >= 11 is 0. The van der Waals surface area contributed by atoms with Gasteiger partial charge in [0.05, 0.1) is 26.4 Å². The van der Waals surface area contributed by atoms with Gasteiger partial charge in [-0.25, -0.2) is 9.13 Å². The van der Waals surface area contributed by atoms with Gasteiger partial charge in [0.2, 0.25) is 0 Å². The molecule has 0 spiro atoms. The van der Waals surface area contributed by atoms with Crippen molar-refractivity contribution in [3.8, 4) is 0 Å². The number of phosphoric acid groups is 2. The molecule has 0 heterocycles. The van der Waals surface area contributed by atoms with Crippen LogP contribution in [0.1, 0.15) is 362 Å². The van der Waals surface area contributed by atoms with E-state index in [-0.39, 0.29) is 25.7 Å². The lowest BCUT2D eigenvalue weighted by Crippen LogP contribution is -2.30. The maximum Gasteiger partial charge on any atom is 0.472 e. The fourth-order valence-corrected chi connectivity index (χ4v) is 12.2. The Kier molecular flexibility index (Phi) is 62.1. The first-order valence-corrected chi connectivity index (χ1v) is 39.7. The Morgan fingerprint density at radius 2 is 0.539 bits per heavy atom. The molecule has 0 fully saturated rings. The Morgan fingerprint density at radius 1 is 0.315 bits per heavy atom. The van der Waals surface area contributed by atoms with Gasteiger partial charge in [0.25, 0.3) is 0 Å². The second kappa shape index (κ2) is 63.5. The van der Waals surface area contributed by atoms with Crippen LogP contribution in [0.4, 0.5) is 0 Å². The molecule has 0 aliphatic heterocycles. The number of esters is 4. The molecule has 0 aliphatic rings. The number of aliphatic hydroxyl groups is 1. The van der Waals surface area contributed by atoms with E-state index in [4.69, 9.17) is 37.0 Å².